The van der Waals surface area contributed by atoms with Gasteiger partial charge in [-0.1, -0.05) is 57.2 Å². The summed E-state index contributed by atoms with van der Waals surface area (Å²) in [5.41, 5.74) is 1.26. The molecule has 11 heteroatoms. The molecule has 2 aliphatic rings. The summed E-state index contributed by atoms with van der Waals surface area (Å²) >= 11 is 7.14. The third-order valence-electron chi connectivity index (χ3n) is 5.77. The van der Waals surface area contributed by atoms with Crippen molar-refractivity contribution in [1.82, 2.24) is 9.80 Å². The van der Waals surface area contributed by atoms with Crippen molar-refractivity contribution in [3.05, 3.63) is 47.6 Å². The number of thiocarbonyl (C=S) groups is 1. The normalized spacial score (nSPS) is 17.8. The molecule has 2 aliphatic heterocycles. The second kappa shape index (κ2) is 13.6. The molecular weight excluding hydrogens is 514 g/mol. The van der Waals surface area contributed by atoms with Gasteiger partial charge in [0.25, 0.3) is 5.91 Å². The van der Waals surface area contributed by atoms with E-state index in [1.54, 1.807) is 9.80 Å². The van der Waals surface area contributed by atoms with Crippen molar-refractivity contribution in [2.45, 2.75) is 50.5 Å². The molecule has 1 aromatic carbocycles. The van der Waals surface area contributed by atoms with E-state index in [-0.39, 0.29) is 25.7 Å². The molecule has 0 spiro atoms. The summed E-state index contributed by atoms with van der Waals surface area (Å²) in [6.07, 6.45) is 3.39. The Morgan fingerprint density at radius 3 is 2.41 bits per heavy atom. The minimum Gasteiger partial charge on any atom is -0.461 e. The Kier molecular flexibility index (Phi) is 10.5. The van der Waals surface area contributed by atoms with Gasteiger partial charge in [0.05, 0.1) is 5.69 Å². The Morgan fingerprint density at radius 1 is 1.08 bits per heavy atom. The van der Waals surface area contributed by atoms with Crippen LogP contribution in [0.3, 0.4) is 0 Å². The Bertz CT molecular complexity index is 1080. The van der Waals surface area contributed by atoms with Crippen LogP contribution in [-0.2, 0) is 23.9 Å². The van der Waals surface area contributed by atoms with E-state index < -0.39 is 18.0 Å². The zero-order valence-electron chi connectivity index (χ0n) is 21.2. The van der Waals surface area contributed by atoms with Crippen molar-refractivity contribution >= 4 is 52.6 Å². The fourth-order valence-electron chi connectivity index (χ4n) is 3.83. The number of hydrogen-bond acceptors (Lipinski definition) is 9. The number of ether oxygens (including phenoxy) is 2. The first kappa shape index (κ1) is 28.7. The van der Waals surface area contributed by atoms with Crippen LogP contribution in [0.2, 0.25) is 0 Å². The molecule has 2 heterocycles. The molecule has 1 amide bonds. The van der Waals surface area contributed by atoms with Gasteiger partial charge in [0, 0.05) is 24.1 Å². The molecule has 200 valence electrons. The molecule has 1 aromatic rings. The summed E-state index contributed by atoms with van der Waals surface area (Å²) in [5.74, 6) is -1.43. The Balaban J connectivity index is 1.85. The van der Waals surface area contributed by atoms with E-state index in [4.69, 9.17) is 21.7 Å². The van der Waals surface area contributed by atoms with Crippen molar-refractivity contribution in [3.8, 4) is 0 Å². The van der Waals surface area contributed by atoms with Gasteiger partial charge in [0.1, 0.15) is 36.6 Å². The van der Waals surface area contributed by atoms with Crippen LogP contribution in [0.5, 0.6) is 0 Å². The molecule has 9 nitrogen and oxygen atoms in total. The van der Waals surface area contributed by atoms with E-state index >= 15 is 0 Å². The van der Waals surface area contributed by atoms with Crippen molar-refractivity contribution in [2.24, 2.45) is 0 Å². The number of para-hydroxylation sites is 1. The zero-order chi connectivity index (χ0) is 26.9. The Morgan fingerprint density at radius 2 is 1.73 bits per heavy atom. The number of nitrogens with zero attached hydrogens (tertiary/aromatic N) is 3. The number of esters is 2. The van der Waals surface area contributed by atoms with Crippen LogP contribution in [0.15, 0.2) is 52.5 Å². The summed E-state index contributed by atoms with van der Waals surface area (Å²) < 4.78 is 10.0. The van der Waals surface area contributed by atoms with Gasteiger partial charge in [-0.25, -0.2) is 4.79 Å². The molecular formula is C26H33N3O6S2. The number of carbonyl (C=O) groups is 3. The van der Waals surface area contributed by atoms with Crippen LogP contribution in [-0.4, -0.2) is 76.8 Å². The van der Waals surface area contributed by atoms with E-state index in [0.29, 0.717) is 28.9 Å². The lowest BCUT2D eigenvalue weighted by molar-refractivity contribution is -0.148. The third-order valence-corrected chi connectivity index (χ3v) is 7.38. The number of hydrogen-bond donors (Lipinski definition) is 1. The van der Waals surface area contributed by atoms with Gasteiger partial charge in [-0.15, -0.1) is 0 Å². The van der Waals surface area contributed by atoms with Gasteiger partial charge < -0.3 is 24.4 Å². The standard InChI is InChI=1S/C26H33N3O6S2/c1-4-7-13-27-23(24(33)28(26(27)36)14-8-5-2)25-29(19-11-9-10-12-20(19)37-25)15-22(32)35-17-18(30)16-34-21(31)6-3/h6,9-12,18,30H,3-5,7-8,13-17H2,1-2H3/b25-23+. The third kappa shape index (κ3) is 6.91. The number of unbranched alkanes of at least 4 members (excludes halogenated alkanes) is 2. The summed E-state index contributed by atoms with van der Waals surface area (Å²) in [7, 11) is 0. The zero-order valence-corrected chi connectivity index (χ0v) is 22.8. The second-order valence-corrected chi connectivity index (χ2v) is 9.97. The predicted molar refractivity (Wildman–Crippen MR) is 146 cm³/mol. The van der Waals surface area contributed by atoms with Gasteiger partial charge in [-0.3, -0.25) is 14.5 Å². The monoisotopic (exact) mass is 547 g/mol. The fourth-order valence-corrected chi connectivity index (χ4v) is 5.39. The van der Waals surface area contributed by atoms with Crippen molar-refractivity contribution < 1.29 is 29.0 Å². The van der Waals surface area contributed by atoms with Crippen LogP contribution < -0.4 is 4.90 Å². The second-order valence-electron chi connectivity index (χ2n) is 8.58. The molecule has 1 unspecified atom stereocenters. The molecule has 0 radical (unpaired) electrons. The number of amides is 1. The summed E-state index contributed by atoms with van der Waals surface area (Å²) in [6.45, 7) is 7.76. The molecule has 0 aliphatic carbocycles. The first-order valence-corrected chi connectivity index (χ1v) is 13.6. The van der Waals surface area contributed by atoms with Crippen LogP contribution in [0, 0.1) is 0 Å². The molecule has 3 rings (SSSR count). The summed E-state index contributed by atoms with van der Waals surface area (Å²) in [6, 6.07) is 7.59. The Hall–Kier alpha value is -2.89. The fraction of sp³-hybridized carbons (Fsp3) is 0.462. The molecule has 0 aromatic heterocycles. The number of thioether (sulfide) groups is 1. The topological polar surface area (TPSA) is 99.6 Å². The smallest absolute Gasteiger partial charge is 0.330 e. The van der Waals surface area contributed by atoms with Crippen LogP contribution in [0.1, 0.15) is 39.5 Å². The molecule has 0 bridgehead atoms. The number of aliphatic hydroxyl groups excluding tert-OH is 1. The lowest BCUT2D eigenvalue weighted by Gasteiger charge is -2.24. The molecule has 1 fully saturated rings. The maximum atomic E-state index is 13.6. The van der Waals surface area contributed by atoms with Crippen molar-refractivity contribution in [2.75, 3.05) is 37.7 Å². The predicted octanol–water partition coefficient (Wildman–Crippen LogP) is 3.43. The van der Waals surface area contributed by atoms with Crippen LogP contribution in [0.4, 0.5) is 5.69 Å². The maximum Gasteiger partial charge on any atom is 0.330 e. The van der Waals surface area contributed by atoms with Gasteiger partial charge in [-0.2, -0.15) is 0 Å². The van der Waals surface area contributed by atoms with Gasteiger partial charge in [0.2, 0.25) is 0 Å². The van der Waals surface area contributed by atoms with E-state index in [9.17, 15) is 19.5 Å². The van der Waals surface area contributed by atoms with Crippen LogP contribution in [0.25, 0.3) is 0 Å². The van der Waals surface area contributed by atoms with Crippen molar-refractivity contribution in [3.63, 3.8) is 0 Å². The van der Waals surface area contributed by atoms with E-state index in [1.165, 1.54) is 11.8 Å². The van der Waals surface area contributed by atoms with Gasteiger partial charge in [0.15, 0.2) is 5.11 Å². The quantitative estimate of drug-likeness (QED) is 0.225. The first-order valence-electron chi connectivity index (χ1n) is 12.4. The minimum atomic E-state index is -1.17. The molecule has 0 saturated carbocycles. The molecule has 37 heavy (non-hydrogen) atoms. The highest BCUT2D eigenvalue weighted by molar-refractivity contribution is 8.03. The highest BCUT2D eigenvalue weighted by Gasteiger charge is 2.43. The number of benzene rings is 1. The van der Waals surface area contributed by atoms with Crippen LogP contribution >= 0.6 is 24.0 Å². The first-order chi connectivity index (χ1) is 17.8. The average Bonchev–Trinajstić information content (AvgIpc) is 3.36. The number of aliphatic hydroxyl groups is 1. The summed E-state index contributed by atoms with van der Waals surface area (Å²) in [5, 5.41) is 11.1. The SMILES string of the molecule is C=CC(=O)OCC(O)COC(=O)CN1/C(=C2/C(=O)N(CCCC)C(=S)N2CCCC)Sc2ccccc21. The number of fused-ring (bicyclic) bond motifs is 1. The number of anilines is 1. The van der Waals surface area contributed by atoms with Gasteiger partial charge in [-0.05, 0) is 37.2 Å². The average molecular weight is 548 g/mol. The Labute approximate surface area is 227 Å². The van der Waals surface area contributed by atoms with Crippen molar-refractivity contribution in [1.29, 1.82) is 0 Å². The lowest BCUT2D eigenvalue weighted by atomic mass is 10.2. The summed E-state index contributed by atoms with van der Waals surface area (Å²) in [4.78, 5) is 43.8. The molecule has 1 saturated heterocycles. The van der Waals surface area contributed by atoms with E-state index in [2.05, 4.69) is 20.4 Å². The maximum absolute atomic E-state index is 13.6. The van der Waals surface area contributed by atoms with Gasteiger partial charge >= 0.3 is 11.9 Å². The highest BCUT2D eigenvalue weighted by atomic mass is 32.2. The minimum absolute atomic E-state index is 0.164. The number of carbonyl (C=O) groups excluding carboxylic acids is 3. The largest absolute Gasteiger partial charge is 0.461 e. The number of rotatable bonds is 13. The lowest BCUT2D eigenvalue weighted by Crippen LogP contribution is -2.34. The molecule has 1 atom stereocenters. The van der Waals surface area contributed by atoms with E-state index in [1.807, 2.05) is 29.2 Å². The molecule has 1 N–H and O–H groups in total. The highest BCUT2D eigenvalue weighted by Crippen LogP contribution is 2.48. The van der Waals surface area contributed by atoms with E-state index in [0.717, 1.165) is 42.3 Å².